The van der Waals surface area contributed by atoms with Crippen molar-refractivity contribution in [2.45, 2.75) is 32.9 Å². The molecule has 0 fully saturated rings. The number of nitrogens with zero attached hydrogens (tertiary/aromatic N) is 3. The highest BCUT2D eigenvalue weighted by Crippen LogP contribution is 2.05. The average Bonchev–Trinajstić information content (AvgIpc) is 2.50. The molecule has 0 spiro atoms. The van der Waals surface area contributed by atoms with Gasteiger partial charge >= 0.3 is 5.82 Å². The highest BCUT2D eigenvalue weighted by Gasteiger charge is 2.12. The van der Waals surface area contributed by atoms with E-state index in [1.165, 1.54) is 6.07 Å². The Bertz CT molecular complexity index is 340. The first-order valence-electron chi connectivity index (χ1n) is 4.81. The lowest BCUT2D eigenvalue weighted by molar-refractivity contribution is -0.389. The van der Waals surface area contributed by atoms with Gasteiger partial charge in [-0.15, -0.1) is 0 Å². The molecule has 0 amide bonds. The minimum atomic E-state index is -0.492. The van der Waals surface area contributed by atoms with Gasteiger partial charge in [0, 0.05) is 12.1 Å². The van der Waals surface area contributed by atoms with Crippen LogP contribution in [0.5, 0.6) is 0 Å². The normalized spacial score (nSPS) is 11.7. The van der Waals surface area contributed by atoms with E-state index in [2.05, 4.69) is 31.2 Å². The maximum absolute atomic E-state index is 10.4. The molecule has 1 N–H and O–H groups in total. The van der Waals surface area contributed by atoms with Crippen molar-refractivity contribution in [2.24, 2.45) is 0 Å². The molecule has 1 aromatic rings. The summed E-state index contributed by atoms with van der Waals surface area (Å²) in [6.45, 7) is 7.57. The maximum Gasteiger partial charge on any atom is 0.389 e. The van der Waals surface area contributed by atoms with Crippen LogP contribution in [0.3, 0.4) is 0 Å². The lowest BCUT2D eigenvalue weighted by Gasteiger charge is -2.19. The van der Waals surface area contributed by atoms with Gasteiger partial charge in [0.25, 0.3) is 0 Å². The molecule has 0 unspecified atom stereocenters. The van der Waals surface area contributed by atoms with Crippen molar-refractivity contribution in [3.05, 3.63) is 22.4 Å². The zero-order chi connectivity index (χ0) is 11.5. The van der Waals surface area contributed by atoms with Gasteiger partial charge in [-0.1, -0.05) is 0 Å². The van der Waals surface area contributed by atoms with Crippen LogP contribution in [-0.4, -0.2) is 26.8 Å². The van der Waals surface area contributed by atoms with Crippen molar-refractivity contribution in [2.75, 3.05) is 6.54 Å². The highest BCUT2D eigenvalue weighted by atomic mass is 16.6. The van der Waals surface area contributed by atoms with E-state index in [1.54, 1.807) is 10.9 Å². The average molecular weight is 212 g/mol. The number of rotatable bonds is 4. The van der Waals surface area contributed by atoms with Crippen molar-refractivity contribution < 1.29 is 4.92 Å². The second kappa shape index (κ2) is 4.39. The summed E-state index contributed by atoms with van der Waals surface area (Å²) in [4.78, 5) is 9.87. The van der Waals surface area contributed by atoms with Gasteiger partial charge in [0.1, 0.15) is 0 Å². The van der Waals surface area contributed by atoms with Crippen molar-refractivity contribution >= 4 is 5.82 Å². The van der Waals surface area contributed by atoms with Crippen LogP contribution in [0.1, 0.15) is 20.8 Å². The van der Waals surface area contributed by atoms with Crippen molar-refractivity contribution in [1.82, 2.24) is 15.1 Å². The monoisotopic (exact) mass is 212 g/mol. The summed E-state index contributed by atoms with van der Waals surface area (Å²) in [5, 5.41) is 17.4. The molecular weight excluding hydrogens is 196 g/mol. The first kappa shape index (κ1) is 11.6. The number of hydrogen-bond acceptors (Lipinski definition) is 4. The third-order valence-electron chi connectivity index (χ3n) is 1.81. The molecule has 0 saturated heterocycles. The van der Waals surface area contributed by atoms with Crippen LogP contribution in [-0.2, 0) is 6.54 Å². The third kappa shape index (κ3) is 4.07. The van der Waals surface area contributed by atoms with E-state index in [1.807, 2.05) is 0 Å². The van der Waals surface area contributed by atoms with Gasteiger partial charge in [-0.05, 0) is 25.7 Å². The smallest absolute Gasteiger partial charge is 0.358 e. The molecule has 1 heterocycles. The molecule has 0 aliphatic heterocycles. The predicted octanol–water partition coefficient (Wildman–Crippen LogP) is 1.18. The van der Waals surface area contributed by atoms with Crippen LogP contribution in [0.15, 0.2) is 12.3 Å². The second-order valence-corrected chi connectivity index (χ2v) is 4.37. The van der Waals surface area contributed by atoms with Gasteiger partial charge in [0.2, 0.25) is 0 Å². The van der Waals surface area contributed by atoms with Gasteiger partial charge in [-0.2, -0.15) is 4.68 Å². The lowest BCUT2D eigenvalue weighted by Crippen LogP contribution is -2.37. The Morgan fingerprint density at radius 3 is 2.73 bits per heavy atom. The first-order chi connectivity index (χ1) is 6.88. The molecule has 0 atom stereocenters. The largest absolute Gasteiger partial charge is 0.389 e. The van der Waals surface area contributed by atoms with E-state index >= 15 is 0 Å². The Hall–Kier alpha value is -1.43. The first-order valence-corrected chi connectivity index (χ1v) is 4.81. The second-order valence-electron chi connectivity index (χ2n) is 4.37. The molecule has 1 aromatic heterocycles. The molecule has 0 saturated carbocycles. The van der Waals surface area contributed by atoms with Crippen molar-refractivity contribution in [1.29, 1.82) is 0 Å². The number of nitro groups is 1. The van der Waals surface area contributed by atoms with Crippen LogP contribution in [0, 0.1) is 10.1 Å². The summed E-state index contributed by atoms with van der Waals surface area (Å²) >= 11 is 0. The van der Waals surface area contributed by atoms with E-state index in [4.69, 9.17) is 0 Å². The molecule has 0 aliphatic carbocycles. The fourth-order valence-corrected chi connectivity index (χ4v) is 1.12. The van der Waals surface area contributed by atoms with Crippen LogP contribution >= 0.6 is 0 Å². The highest BCUT2D eigenvalue weighted by molar-refractivity contribution is 5.13. The van der Waals surface area contributed by atoms with E-state index in [-0.39, 0.29) is 11.4 Å². The molecule has 0 aliphatic rings. The zero-order valence-electron chi connectivity index (χ0n) is 9.23. The molecule has 84 valence electrons. The molecule has 0 radical (unpaired) electrons. The fraction of sp³-hybridized carbons (Fsp3) is 0.667. The quantitative estimate of drug-likeness (QED) is 0.600. The minimum absolute atomic E-state index is 0.0546. The van der Waals surface area contributed by atoms with E-state index in [9.17, 15) is 10.1 Å². The summed E-state index contributed by atoms with van der Waals surface area (Å²) in [5.74, 6) is -0.106. The fourth-order valence-electron chi connectivity index (χ4n) is 1.12. The Morgan fingerprint density at radius 2 is 2.27 bits per heavy atom. The van der Waals surface area contributed by atoms with Crippen molar-refractivity contribution in [3.63, 3.8) is 0 Å². The van der Waals surface area contributed by atoms with E-state index < -0.39 is 4.92 Å². The maximum atomic E-state index is 10.4. The zero-order valence-corrected chi connectivity index (χ0v) is 9.23. The van der Waals surface area contributed by atoms with Gasteiger partial charge in [0.05, 0.1) is 23.9 Å². The predicted molar refractivity (Wildman–Crippen MR) is 56.6 cm³/mol. The summed E-state index contributed by atoms with van der Waals surface area (Å²) in [5.41, 5.74) is 0.0546. The standard InChI is InChI=1S/C9H16N4O2/c1-9(2,3)10-5-7-12-6-4-8(11-12)13(14)15/h4,6,10H,5,7H2,1-3H3. The van der Waals surface area contributed by atoms with Crippen LogP contribution < -0.4 is 5.32 Å². The van der Waals surface area contributed by atoms with Crippen LogP contribution in [0.2, 0.25) is 0 Å². The summed E-state index contributed by atoms with van der Waals surface area (Å²) in [6.07, 6.45) is 1.61. The molecule has 6 heteroatoms. The topological polar surface area (TPSA) is 73.0 Å². The van der Waals surface area contributed by atoms with Crippen molar-refractivity contribution in [3.8, 4) is 0 Å². The third-order valence-corrected chi connectivity index (χ3v) is 1.81. The van der Waals surface area contributed by atoms with Gasteiger partial charge in [-0.3, -0.25) is 0 Å². The van der Waals surface area contributed by atoms with Crippen LogP contribution in [0.4, 0.5) is 5.82 Å². The number of nitrogens with one attached hydrogen (secondary N) is 1. The Balaban J connectivity index is 2.41. The minimum Gasteiger partial charge on any atom is -0.358 e. The molecule has 0 bridgehead atoms. The van der Waals surface area contributed by atoms with E-state index in [0.717, 1.165) is 6.54 Å². The molecule has 0 aromatic carbocycles. The van der Waals surface area contributed by atoms with Gasteiger partial charge in [-0.25, -0.2) is 0 Å². The SMILES string of the molecule is CC(C)(C)NCCn1ccc([N+](=O)[O-])n1. The van der Waals surface area contributed by atoms with Gasteiger partial charge in [0.15, 0.2) is 0 Å². The summed E-state index contributed by atoms with van der Waals surface area (Å²) < 4.78 is 1.57. The number of aromatic nitrogens is 2. The van der Waals surface area contributed by atoms with Crippen LogP contribution in [0.25, 0.3) is 0 Å². The van der Waals surface area contributed by atoms with E-state index in [0.29, 0.717) is 6.54 Å². The number of hydrogen-bond donors (Lipinski definition) is 1. The summed E-state index contributed by atoms with van der Waals surface area (Å²) in [7, 11) is 0. The molecule has 15 heavy (non-hydrogen) atoms. The molecule has 1 rings (SSSR count). The molecule has 6 nitrogen and oxygen atoms in total. The lowest BCUT2D eigenvalue weighted by atomic mass is 10.1. The summed E-state index contributed by atoms with van der Waals surface area (Å²) in [6, 6.07) is 1.40. The van der Waals surface area contributed by atoms with Gasteiger partial charge < -0.3 is 15.4 Å². The molecular formula is C9H16N4O2. The Labute approximate surface area is 88.4 Å². The Morgan fingerprint density at radius 1 is 1.60 bits per heavy atom. The Kier molecular flexibility index (Phi) is 3.41.